The molecule has 0 amide bonds. The highest BCUT2D eigenvalue weighted by Gasteiger charge is 2.20. The Balaban J connectivity index is 1.63. The average Bonchev–Trinajstić information content (AvgIpc) is 2.28. The first-order valence-electron chi connectivity index (χ1n) is 6.83. The van der Waals surface area contributed by atoms with Gasteiger partial charge in [-0.1, -0.05) is 6.92 Å². The van der Waals surface area contributed by atoms with Gasteiger partial charge >= 0.3 is 0 Å². The van der Waals surface area contributed by atoms with Crippen LogP contribution in [-0.4, -0.2) is 55.2 Å². The quantitative estimate of drug-likeness (QED) is 0.730. The third-order valence-corrected chi connectivity index (χ3v) is 3.99. The molecule has 0 unspecified atom stereocenters. The van der Waals surface area contributed by atoms with Crippen molar-refractivity contribution < 1.29 is 4.39 Å². The van der Waals surface area contributed by atoms with Crippen molar-refractivity contribution in [2.24, 2.45) is 5.92 Å². The highest BCUT2D eigenvalue weighted by Crippen LogP contribution is 2.16. The molecule has 3 heteroatoms. The molecule has 16 heavy (non-hydrogen) atoms. The first kappa shape index (κ1) is 12.3. The van der Waals surface area contributed by atoms with Crippen LogP contribution in [0.2, 0.25) is 0 Å². The van der Waals surface area contributed by atoms with Crippen LogP contribution in [0, 0.1) is 5.92 Å². The summed E-state index contributed by atoms with van der Waals surface area (Å²) < 4.78 is 13.0. The Morgan fingerprint density at radius 2 is 1.69 bits per heavy atom. The predicted molar refractivity (Wildman–Crippen MR) is 65.4 cm³/mol. The van der Waals surface area contributed by atoms with Crippen LogP contribution in [-0.2, 0) is 0 Å². The summed E-state index contributed by atoms with van der Waals surface area (Å²) >= 11 is 0. The molecule has 0 aliphatic carbocycles. The zero-order chi connectivity index (χ0) is 11.4. The Kier molecular flexibility index (Phi) is 4.59. The van der Waals surface area contributed by atoms with Crippen molar-refractivity contribution in [2.45, 2.75) is 38.8 Å². The molecular weight excluding hydrogens is 203 g/mol. The minimum Gasteiger partial charge on any atom is -0.302 e. The van der Waals surface area contributed by atoms with E-state index >= 15 is 0 Å². The lowest BCUT2D eigenvalue weighted by atomic mass is 10.0. The standard InChI is InChI=1S/C13H25FN2/c1-12-3-2-6-16(11-12)10-9-15-7-4-13(14)5-8-15/h12-13H,2-11H2,1H3/t12-/m1/s1. The van der Waals surface area contributed by atoms with Crippen molar-refractivity contribution in [3.05, 3.63) is 0 Å². The molecule has 2 rings (SSSR count). The number of alkyl halides is 1. The van der Waals surface area contributed by atoms with Crippen LogP contribution in [0.25, 0.3) is 0 Å². The first-order valence-corrected chi connectivity index (χ1v) is 6.83. The van der Waals surface area contributed by atoms with Gasteiger partial charge in [-0.05, 0) is 38.1 Å². The molecule has 2 fully saturated rings. The van der Waals surface area contributed by atoms with Gasteiger partial charge in [0.2, 0.25) is 0 Å². The van der Waals surface area contributed by atoms with Gasteiger partial charge in [0.15, 0.2) is 0 Å². The van der Waals surface area contributed by atoms with Crippen LogP contribution in [0.15, 0.2) is 0 Å². The third-order valence-electron chi connectivity index (χ3n) is 3.99. The molecule has 1 atom stereocenters. The van der Waals surface area contributed by atoms with E-state index in [4.69, 9.17) is 0 Å². The van der Waals surface area contributed by atoms with Crippen molar-refractivity contribution in [1.82, 2.24) is 9.80 Å². The number of likely N-dealkylation sites (tertiary alicyclic amines) is 2. The van der Waals surface area contributed by atoms with E-state index in [1.807, 2.05) is 0 Å². The zero-order valence-electron chi connectivity index (χ0n) is 10.5. The molecule has 0 aromatic rings. The van der Waals surface area contributed by atoms with Gasteiger partial charge in [-0.25, -0.2) is 4.39 Å². The Morgan fingerprint density at radius 3 is 2.38 bits per heavy atom. The van der Waals surface area contributed by atoms with E-state index < -0.39 is 6.17 Å². The zero-order valence-corrected chi connectivity index (χ0v) is 10.5. The van der Waals surface area contributed by atoms with E-state index in [-0.39, 0.29) is 0 Å². The number of hydrogen-bond donors (Lipinski definition) is 0. The highest BCUT2D eigenvalue weighted by molar-refractivity contribution is 4.75. The van der Waals surface area contributed by atoms with Crippen LogP contribution in [0.3, 0.4) is 0 Å². The Morgan fingerprint density at radius 1 is 1.00 bits per heavy atom. The fourth-order valence-electron chi connectivity index (χ4n) is 2.90. The van der Waals surface area contributed by atoms with E-state index in [2.05, 4.69) is 16.7 Å². The molecule has 94 valence electrons. The Labute approximate surface area is 98.8 Å². The van der Waals surface area contributed by atoms with Crippen LogP contribution in [0.1, 0.15) is 32.6 Å². The van der Waals surface area contributed by atoms with Crippen molar-refractivity contribution in [3.8, 4) is 0 Å². The second-order valence-electron chi connectivity index (χ2n) is 5.56. The van der Waals surface area contributed by atoms with Crippen LogP contribution < -0.4 is 0 Å². The summed E-state index contributed by atoms with van der Waals surface area (Å²) in [5, 5.41) is 0. The monoisotopic (exact) mass is 228 g/mol. The second-order valence-corrected chi connectivity index (χ2v) is 5.56. The van der Waals surface area contributed by atoms with E-state index in [0.29, 0.717) is 0 Å². The molecule has 0 aromatic carbocycles. The second kappa shape index (κ2) is 5.97. The summed E-state index contributed by atoms with van der Waals surface area (Å²) in [6.07, 6.45) is 3.70. The molecule has 2 aliphatic rings. The molecule has 0 aromatic heterocycles. The number of piperidine rings is 2. The van der Waals surface area contributed by atoms with E-state index in [1.54, 1.807) is 0 Å². The van der Waals surface area contributed by atoms with Gasteiger partial charge in [0, 0.05) is 32.7 Å². The summed E-state index contributed by atoms with van der Waals surface area (Å²) in [5.74, 6) is 0.866. The minimum atomic E-state index is -0.536. The maximum atomic E-state index is 13.0. The molecule has 0 radical (unpaired) electrons. The van der Waals surface area contributed by atoms with Crippen LogP contribution in [0.5, 0.6) is 0 Å². The van der Waals surface area contributed by atoms with E-state index in [1.165, 1.54) is 32.5 Å². The van der Waals surface area contributed by atoms with Crippen molar-refractivity contribution in [3.63, 3.8) is 0 Å². The maximum absolute atomic E-state index is 13.0. The van der Waals surface area contributed by atoms with Gasteiger partial charge in [0.1, 0.15) is 6.17 Å². The number of nitrogens with zero attached hydrogens (tertiary/aromatic N) is 2. The topological polar surface area (TPSA) is 6.48 Å². The van der Waals surface area contributed by atoms with Gasteiger partial charge in [-0.2, -0.15) is 0 Å². The lowest BCUT2D eigenvalue weighted by Crippen LogP contribution is -2.42. The fraction of sp³-hybridized carbons (Fsp3) is 1.00. The SMILES string of the molecule is C[C@@H]1CCCN(CCN2CCC(F)CC2)C1. The minimum absolute atomic E-state index is 0.536. The summed E-state index contributed by atoms with van der Waals surface area (Å²) in [6, 6.07) is 0. The molecule has 2 heterocycles. The van der Waals surface area contributed by atoms with Gasteiger partial charge in [-0.3, -0.25) is 0 Å². The summed E-state index contributed by atoms with van der Waals surface area (Å²) in [6.45, 7) is 9.13. The summed E-state index contributed by atoms with van der Waals surface area (Å²) in [4.78, 5) is 5.01. The molecule has 2 aliphatic heterocycles. The molecule has 0 N–H and O–H groups in total. The molecule has 2 saturated heterocycles. The smallest absolute Gasteiger partial charge is 0.103 e. The number of rotatable bonds is 3. The van der Waals surface area contributed by atoms with Crippen molar-refractivity contribution in [1.29, 1.82) is 0 Å². The molecular formula is C13H25FN2. The highest BCUT2D eigenvalue weighted by atomic mass is 19.1. The van der Waals surface area contributed by atoms with E-state index in [0.717, 1.165) is 38.4 Å². The Hall–Kier alpha value is -0.150. The molecule has 0 spiro atoms. The number of hydrogen-bond acceptors (Lipinski definition) is 2. The lowest BCUT2D eigenvalue weighted by molar-refractivity contribution is 0.118. The maximum Gasteiger partial charge on any atom is 0.103 e. The molecule has 0 saturated carbocycles. The third kappa shape index (κ3) is 3.70. The lowest BCUT2D eigenvalue weighted by Gasteiger charge is -2.34. The average molecular weight is 228 g/mol. The first-order chi connectivity index (χ1) is 7.74. The van der Waals surface area contributed by atoms with Gasteiger partial charge in [-0.15, -0.1) is 0 Å². The number of halogens is 1. The van der Waals surface area contributed by atoms with Gasteiger partial charge in [0.25, 0.3) is 0 Å². The normalized spacial score (nSPS) is 30.8. The Bertz CT molecular complexity index is 202. The van der Waals surface area contributed by atoms with Gasteiger partial charge < -0.3 is 9.80 Å². The summed E-state index contributed by atoms with van der Waals surface area (Å²) in [5.41, 5.74) is 0. The van der Waals surface area contributed by atoms with E-state index in [9.17, 15) is 4.39 Å². The largest absolute Gasteiger partial charge is 0.302 e. The summed E-state index contributed by atoms with van der Waals surface area (Å²) in [7, 11) is 0. The van der Waals surface area contributed by atoms with Crippen molar-refractivity contribution >= 4 is 0 Å². The van der Waals surface area contributed by atoms with Crippen LogP contribution >= 0.6 is 0 Å². The van der Waals surface area contributed by atoms with Crippen LogP contribution in [0.4, 0.5) is 4.39 Å². The molecule has 2 nitrogen and oxygen atoms in total. The van der Waals surface area contributed by atoms with Gasteiger partial charge in [0.05, 0.1) is 0 Å². The fourth-order valence-corrected chi connectivity index (χ4v) is 2.90. The van der Waals surface area contributed by atoms with Crippen molar-refractivity contribution in [2.75, 3.05) is 39.3 Å². The molecule has 0 bridgehead atoms. The predicted octanol–water partition coefficient (Wildman–Crippen LogP) is 2.15.